The molecule has 1 amide bonds. The summed E-state index contributed by atoms with van der Waals surface area (Å²) in [5.41, 5.74) is 4.42. The molecule has 0 atom stereocenters. The number of aromatic nitrogens is 4. The van der Waals surface area contributed by atoms with Gasteiger partial charge in [0.05, 0.1) is 11.1 Å². The van der Waals surface area contributed by atoms with Gasteiger partial charge in [-0.15, -0.1) is 10.2 Å². The van der Waals surface area contributed by atoms with E-state index in [-0.39, 0.29) is 5.91 Å². The average Bonchev–Trinajstić information content (AvgIpc) is 3.43. The number of nitrogens with zero attached hydrogens (tertiary/aromatic N) is 4. The van der Waals surface area contributed by atoms with Crippen LogP contribution in [0.4, 0.5) is 5.95 Å². The van der Waals surface area contributed by atoms with E-state index in [0.717, 1.165) is 57.2 Å². The molecule has 5 rings (SSSR count). The Labute approximate surface area is 205 Å². The largest absolute Gasteiger partial charge is 0.290 e. The fourth-order valence-electron chi connectivity index (χ4n) is 4.19. The van der Waals surface area contributed by atoms with Crippen molar-refractivity contribution in [3.63, 3.8) is 0 Å². The Morgan fingerprint density at radius 3 is 2.82 bits per heavy atom. The fraction of sp³-hybridized carbons (Fsp3) is 0.250. The van der Waals surface area contributed by atoms with Gasteiger partial charge in [-0.05, 0) is 61.6 Å². The molecule has 2 aromatic heterocycles. The lowest BCUT2D eigenvalue weighted by Crippen LogP contribution is -2.18. The van der Waals surface area contributed by atoms with E-state index in [9.17, 15) is 4.79 Å². The lowest BCUT2D eigenvalue weighted by atomic mass is 10.0. The van der Waals surface area contributed by atoms with Gasteiger partial charge in [0, 0.05) is 33.4 Å². The molecule has 4 aromatic rings. The van der Waals surface area contributed by atoms with Crippen molar-refractivity contribution in [1.29, 1.82) is 0 Å². The maximum atomic E-state index is 13.5. The quantitative estimate of drug-likeness (QED) is 0.321. The highest BCUT2D eigenvalue weighted by Crippen LogP contribution is 2.32. The molecule has 0 radical (unpaired) electrons. The van der Waals surface area contributed by atoms with E-state index < -0.39 is 0 Å². The van der Waals surface area contributed by atoms with Gasteiger partial charge in [0.1, 0.15) is 0 Å². The van der Waals surface area contributed by atoms with Gasteiger partial charge < -0.3 is 0 Å². The number of carbonyl (C=O) groups is 1. The number of anilines is 1. The Hall–Kier alpha value is -2.61. The van der Waals surface area contributed by atoms with E-state index in [2.05, 4.69) is 15.5 Å². The average molecular weight is 498 g/mol. The summed E-state index contributed by atoms with van der Waals surface area (Å²) in [6, 6.07) is 13.2. The zero-order valence-corrected chi connectivity index (χ0v) is 20.3. The third kappa shape index (κ3) is 4.33. The zero-order chi connectivity index (χ0) is 22.9. The maximum Gasteiger partial charge on any atom is 0.259 e. The topological polar surface area (TPSA) is 72.7 Å². The lowest BCUT2D eigenvalue weighted by molar-refractivity contribution is 0.102. The Morgan fingerprint density at radius 1 is 1.15 bits per heavy atom. The van der Waals surface area contributed by atoms with Crippen LogP contribution < -0.4 is 5.32 Å². The van der Waals surface area contributed by atoms with E-state index in [1.807, 2.05) is 47.9 Å². The molecule has 0 saturated heterocycles. The highest BCUT2D eigenvalue weighted by atomic mass is 35.5. The number of amides is 1. The molecule has 0 fully saturated rings. The summed E-state index contributed by atoms with van der Waals surface area (Å²) < 4.78 is 1.90. The van der Waals surface area contributed by atoms with Crippen LogP contribution in [0.5, 0.6) is 0 Å². The SMILES string of the molecule is CCn1c(NC(=O)c2c3c(nc4ccc(Cl)cc24)CCC3)nnc1SCc1ccccc1Cl. The Balaban J connectivity index is 1.45. The predicted octanol–water partition coefficient (Wildman–Crippen LogP) is 6.19. The molecule has 1 aliphatic rings. The summed E-state index contributed by atoms with van der Waals surface area (Å²) >= 11 is 14.1. The van der Waals surface area contributed by atoms with E-state index in [1.54, 1.807) is 6.07 Å². The molecule has 0 unspecified atom stereocenters. The van der Waals surface area contributed by atoms with Gasteiger partial charge in [-0.3, -0.25) is 19.7 Å². The smallest absolute Gasteiger partial charge is 0.259 e. The second kappa shape index (κ2) is 9.33. The third-order valence-corrected chi connectivity index (χ3v) is 7.39. The number of pyridine rings is 1. The number of benzene rings is 2. The number of halogens is 2. The first kappa shape index (κ1) is 22.2. The Morgan fingerprint density at radius 2 is 2.00 bits per heavy atom. The molecule has 0 spiro atoms. The fourth-order valence-corrected chi connectivity index (χ4v) is 5.65. The van der Waals surface area contributed by atoms with Crippen LogP contribution in [0.1, 0.15) is 40.5 Å². The van der Waals surface area contributed by atoms with Crippen molar-refractivity contribution in [3.8, 4) is 0 Å². The van der Waals surface area contributed by atoms with Crippen molar-refractivity contribution in [3.05, 3.63) is 74.9 Å². The van der Waals surface area contributed by atoms with Crippen molar-refractivity contribution >= 4 is 57.7 Å². The number of hydrogen-bond acceptors (Lipinski definition) is 5. The molecule has 9 heteroatoms. The number of fused-ring (bicyclic) bond motifs is 2. The maximum absolute atomic E-state index is 13.5. The molecule has 6 nitrogen and oxygen atoms in total. The lowest BCUT2D eigenvalue weighted by Gasteiger charge is -2.13. The summed E-state index contributed by atoms with van der Waals surface area (Å²) in [5.74, 6) is 0.864. The first-order valence-electron chi connectivity index (χ1n) is 10.8. The van der Waals surface area contributed by atoms with Crippen LogP contribution in [0, 0.1) is 0 Å². The highest BCUT2D eigenvalue weighted by molar-refractivity contribution is 7.98. The summed E-state index contributed by atoms with van der Waals surface area (Å²) in [6.07, 6.45) is 2.69. The van der Waals surface area contributed by atoms with Gasteiger partial charge in [-0.1, -0.05) is 53.2 Å². The van der Waals surface area contributed by atoms with Gasteiger partial charge in [0.15, 0.2) is 5.16 Å². The number of carbonyl (C=O) groups excluding carboxylic acids is 1. The minimum absolute atomic E-state index is 0.215. The summed E-state index contributed by atoms with van der Waals surface area (Å²) in [7, 11) is 0. The van der Waals surface area contributed by atoms with E-state index >= 15 is 0 Å². The van der Waals surface area contributed by atoms with E-state index in [1.165, 1.54) is 11.8 Å². The Kier molecular flexibility index (Phi) is 6.27. The van der Waals surface area contributed by atoms with Gasteiger partial charge in [-0.2, -0.15) is 0 Å². The Bertz CT molecular complexity index is 1370. The van der Waals surface area contributed by atoms with Crippen LogP contribution in [0.15, 0.2) is 47.6 Å². The third-order valence-electron chi connectivity index (χ3n) is 5.77. The standard InChI is InChI=1S/C24H21Cl2N5OS/c1-2-31-23(29-30-24(31)33-13-14-6-3-4-8-18(14)26)28-22(32)21-16-7-5-9-19(16)27-20-11-10-15(25)12-17(20)21/h3-4,6,8,10-12H,2,5,7,9,13H2,1H3,(H,28,29,32). The molecule has 1 N–H and O–H groups in total. The van der Waals surface area contributed by atoms with Crippen LogP contribution >= 0.6 is 35.0 Å². The number of thioether (sulfide) groups is 1. The highest BCUT2D eigenvalue weighted by Gasteiger charge is 2.25. The molecule has 168 valence electrons. The van der Waals surface area contributed by atoms with Crippen molar-refractivity contribution in [1.82, 2.24) is 19.7 Å². The number of hydrogen-bond donors (Lipinski definition) is 1. The van der Waals surface area contributed by atoms with E-state index in [4.69, 9.17) is 28.2 Å². The minimum Gasteiger partial charge on any atom is -0.290 e. The van der Waals surface area contributed by atoms with Crippen LogP contribution in [0.25, 0.3) is 10.9 Å². The predicted molar refractivity (Wildman–Crippen MR) is 133 cm³/mol. The van der Waals surface area contributed by atoms with E-state index in [0.29, 0.717) is 28.8 Å². The van der Waals surface area contributed by atoms with Crippen LogP contribution in [0.2, 0.25) is 10.0 Å². The van der Waals surface area contributed by atoms with Crippen molar-refractivity contribution in [2.75, 3.05) is 5.32 Å². The first-order valence-corrected chi connectivity index (χ1v) is 12.5. The second-order valence-electron chi connectivity index (χ2n) is 7.81. The van der Waals surface area contributed by atoms with Crippen LogP contribution in [-0.4, -0.2) is 25.7 Å². The number of aryl methyl sites for hydroxylation is 1. The second-order valence-corrected chi connectivity index (χ2v) is 9.60. The monoisotopic (exact) mass is 497 g/mol. The van der Waals surface area contributed by atoms with Crippen LogP contribution in [-0.2, 0) is 25.1 Å². The van der Waals surface area contributed by atoms with Gasteiger partial charge in [0.25, 0.3) is 5.91 Å². The molecule has 0 bridgehead atoms. The molecule has 0 saturated carbocycles. The van der Waals surface area contributed by atoms with Crippen molar-refractivity contribution < 1.29 is 4.79 Å². The summed E-state index contributed by atoms with van der Waals surface area (Å²) in [5, 5.41) is 14.3. The van der Waals surface area contributed by atoms with Crippen molar-refractivity contribution in [2.24, 2.45) is 0 Å². The van der Waals surface area contributed by atoms with Crippen LogP contribution in [0.3, 0.4) is 0 Å². The molecular formula is C24H21Cl2N5OS. The zero-order valence-electron chi connectivity index (χ0n) is 17.9. The minimum atomic E-state index is -0.215. The molecule has 2 heterocycles. The first-order chi connectivity index (χ1) is 16.0. The van der Waals surface area contributed by atoms with Gasteiger partial charge >= 0.3 is 0 Å². The number of rotatable bonds is 6. The summed E-state index contributed by atoms with van der Waals surface area (Å²) in [4.78, 5) is 18.3. The van der Waals surface area contributed by atoms with Gasteiger partial charge in [0.2, 0.25) is 5.95 Å². The normalized spacial score (nSPS) is 12.8. The molecule has 33 heavy (non-hydrogen) atoms. The molecular weight excluding hydrogens is 477 g/mol. The summed E-state index contributed by atoms with van der Waals surface area (Å²) in [6.45, 7) is 2.62. The van der Waals surface area contributed by atoms with Crippen molar-refractivity contribution in [2.45, 2.75) is 43.6 Å². The molecule has 0 aliphatic heterocycles. The molecule has 1 aliphatic carbocycles. The number of nitrogens with one attached hydrogen (secondary N) is 1. The molecule has 2 aromatic carbocycles. The van der Waals surface area contributed by atoms with Gasteiger partial charge in [-0.25, -0.2) is 0 Å².